The minimum Gasteiger partial charge on any atom is -0.497 e. The van der Waals surface area contributed by atoms with Crippen molar-refractivity contribution >= 4 is 16.6 Å². The summed E-state index contributed by atoms with van der Waals surface area (Å²) in [7, 11) is 1.90. The number of methoxy groups -OCH3 is 2. The van der Waals surface area contributed by atoms with E-state index in [0.717, 1.165) is 140 Å². The first-order valence-corrected chi connectivity index (χ1v) is 34.4. The molecule has 0 spiro atoms. The maximum absolute atomic E-state index is 12.7. The molecule has 5 aliphatic rings. The van der Waals surface area contributed by atoms with E-state index in [9.17, 15) is 4.21 Å². The molecule has 25 heteroatoms. The van der Waals surface area contributed by atoms with E-state index in [0.29, 0.717) is 85.8 Å². The molecular weight excluding hydrogens is 1250 g/mol. The van der Waals surface area contributed by atoms with E-state index in [1.54, 1.807) is 40.5 Å². The Balaban J connectivity index is 0.000000132. The Morgan fingerprint density at radius 3 is 1.74 bits per heavy atom. The second-order valence-electron chi connectivity index (χ2n) is 24.2. The number of fused-ring (bicyclic) bond motifs is 1. The average Bonchev–Trinajstić information content (AvgIpc) is 1.70. The SMILES string of the molecule is COCCS(=O)c1cc(-n2ccc(-c3cccc(C)c3)n2)nc(OCC2CCCO2)n1.COc1cccc(-c2ccn(-c3cc(N4CC[C@H]5OCC[C@H]54)nc(OCCc4ccccn4)n3)n2)c1.Cc1cccc(-c2ccn(-c3cc(C4CCOC4)nc(OCC4CCCO4)n3)n2)c1. The van der Waals surface area contributed by atoms with Crippen LogP contribution >= 0.6 is 0 Å². The summed E-state index contributed by atoms with van der Waals surface area (Å²) in [6, 6.07) is 42.9. The van der Waals surface area contributed by atoms with Crippen LogP contribution in [0.3, 0.4) is 0 Å². The Morgan fingerprint density at radius 2 is 1.15 bits per heavy atom. The van der Waals surface area contributed by atoms with Gasteiger partial charge in [-0.05, 0) is 113 Å². The molecule has 24 nitrogen and oxygen atoms in total. The minimum absolute atomic E-state index is 0.0346. The van der Waals surface area contributed by atoms with Crippen LogP contribution < -0.4 is 23.8 Å². The number of rotatable bonds is 23. The molecule has 0 N–H and O–H groups in total. The Labute approximate surface area is 566 Å². The third-order valence-corrected chi connectivity index (χ3v) is 18.5. The van der Waals surface area contributed by atoms with Gasteiger partial charge in [-0.3, -0.25) is 9.19 Å². The third-order valence-electron chi connectivity index (χ3n) is 17.3. The summed E-state index contributed by atoms with van der Waals surface area (Å²) < 4.78 is 68.8. The fraction of sp³-hybridized carbons (Fsp3) is 0.389. The number of nitrogens with zero attached hydrogens (tertiary/aromatic N) is 14. The van der Waals surface area contributed by atoms with Gasteiger partial charge in [-0.25, -0.2) is 14.0 Å². The zero-order chi connectivity index (χ0) is 66.3. The summed E-state index contributed by atoms with van der Waals surface area (Å²) >= 11 is 0. The summed E-state index contributed by atoms with van der Waals surface area (Å²) in [5.41, 5.74) is 9.91. The maximum Gasteiger partial charge on any atom is 0.320 e. The Morgan fingerprint density at radius 1 is 0.546 bits per heavy atom. The largest absolute Gasteiger partial charge is 0.497 e. The van der Waals surface area contributed by atoms with Crippen molar-refractivity contribution in [2.75, 3.05) is 90.9 Å². The molecule has 0 aliphatic carbocycles. The van der Waals surface area contributed by atoms with Crippen LogP contribution in [0, 0.1) is 13.8 Å². The first-order chi connectivity index (χ1) is 47.6. The second-order valence-corrected chi connectivity index (χ2v) is 25.7. The quantitative estimate of drug-likeness (QED) is 0.0540. The van der Waals surface area contributed by atoms with Crippen molar-refractivity contribution in [1.29, 1.82) is 0 Å². The van der Waals surface area contributed by atoms with E-state index in [4.69, 9.17) is 62.8 Å². The van der Waals surface area contributed by atoms with Crippen LogP contribution in [0.15, 0.2) is 157 Å². The van der Waals surface area contributed by atoms with Gasteiger partial charge < -0.3 is 47.5 Å². The lowest BCUT2D eigenvalue weighted by molar-refractivity contribution is 0.0642. The number of aromatic nitrogens is 13. The van der Waals surface area contributed by atoms with E-state index < -0.39 is 10.8 Å². The molecule has 4 unspecified atom stereocenters. The lowest BCUT2D eigenvalue weighted by atomic mass is 10.1. The Hall–Kier alpha value is -9.37. The van der Waals surface area contributed by atoms with Crippen LogP contribution in [-0.2, 0) is 40.9 Å². The van der Waals surface area contributed by atoms with Crippen molar-refractivity contribution < 1.29 is 46.8 Å². The van der Waals surface area contributed by atoms with E-state index in [1.807, 2.05) is 123 Å². The lowest BCUT2D eigenvalue weighted by Crippen LogP contribution is -2.32. The number of anilines is 1. The topological polar surface area (TPSA) is 247 Å². The molecular formula is C72H80N14O10S. The molecule has 504 valence electrons. The van der Waals surface area contributed by atoms with Crippen molar-refractivity contribution in [3.05, 3.63) is 175 Å². The maximum atomic E-state index is 12.7. The first-order valence-electron chi connectivity index (χ1n) is 33.1. The smallest absolute Gasteiger partial charge is 0.320 e. The predicted molar refractivity (Wildman–Crippen MR) is 364 cm³/mol. The van der Waals surface area contributed by atoms with Crippen molar-refractivity contribution in [2.45, 2.75) is 101 Å². The summed E-state index contributed by atoms with van der Waals surface area (Å²) in [6.45, 7) is 10.4. The monoisotopic (exact) mass is 1330 g/mol. The van der Waals surface area contributed by atoms with Crippen LogP contribution in [-0.4, -0.2) is 179 Å². The van der Waals surface area contributed by atoms with Gasteiger partial charge in [0.25, 0.3) is 0 Å². The fourth-order valence-electron chi connectivity index (χ4n) is 12.1. The normalized spacial score (nSPS) is 19.0. The van der Waals surface area contributed by atoms with Crippen molar-refractivity contribution in [3.8, 4) is 75.0 Å². The molecule has 0 radical (unpaired) electrons. The molecule has 5 fully saturated rings. The Bertz CT molecular complexity index is 4230. The van der Waals surface area contributed by atoms with Crippen LogP contribution in [0.2, 0.25) is 0 Å². The van der Waals surface area contributed by atoms with Gasteiger partial charge in [0.05, 0.1) is 90.6 Å². The average molecular weight is 1330 g/mol. The van der Waals surface area contributed by atoms with Crippen LogP contribution in [0.4, 0.5) is 5.82 Å². The zero-order valence-corrected chi connectivity index (χ0v) is 55.8. The number of pyridine rings is 1. The number of aryl methyl sites for hydroxylation is 2. The molecule has 0 bridgehead atoms. The number of hydrogen-bond donors (Lipinski definition) is 0. The number of hydrogen-bond acceptors (Lipinski definition) is 21. The van der Waals surface area contributed by atoms with Gasteiger partial charge >= 0.3 is 18.0 Å². The van der Waals surface area contributed by atoms with Crippen molar-refractivity contribution in [3.63, 3.8) is 0 Å². The molecule has 6 atom stereocenters. The van der Waals surface area contributed by atoms with Crippen LogP contribution in [0.25, 0.3) is 51.2 Å². The summed E-state index contributed by atoms with van der Waals surface area (Å²) in [6.07, 6.45) is 15.6. The fourth-order valence-corrected chi connectivity index (χ4v) is 13.1. The lowest BCUT2D eigenvalue weighted by Gasteiger charge is -2.24. The van der Waals surface area contributed by atoms with Crippen molar-refractivity contribution in [2.24, 2.45) is 0 Å². The predicted octanol–water partition coefficient (Wildman–Crippen LogP) is 10.4. The highest BCUT2D eigenvalue weighted by atomic mass is 32.2. The van der Waals surface area contributed by atoms with E-state index in [1.165, 1.54) is 5.56 Å². The van der Waals surface area contributed by atoms with Gasteiger partial charge in [0.1, 0.15) is 29.8 Å². The molecule has 5 aliphatic heterocycles. The van der Waals surface area contributed by atoms with Gasteiger partial charge in [0.2, 0.25) is 0 Å². The molecule has 97 heavy (non-hydrogen) atoms. The molecule has 7 aromatic heterocycles. The third kappa shape index (κ3) is 17.3. The van der Waals surface area contributed by atoms with Gasteiger partial charge in [0, 0.05) is 118 Å². The highest BCUT2D eigenvalue weighted by Crippen LogP contribution is 2.35. The van der Waals surface area contributed by atoms with Crippen LogP contribution in [0.1, 0.15) is 73.4 Å². The van der Waals surface area contributed by atoms with Crippen molar-refractivity contribution in [1.82, 2.24) is 64.2 Å². The van der Waals surface area contributed by atoms with Gasteiger partial charge in [-0.15, -0.1) is 0 Å². The minimum atomic E-state index is -1.34. The van der Waals surface area contributed by atoms with Crippen LogP contribution in [0.5, 0.6) is 23.8 Å². The summed E-state index contributed by atoms with van der Waals surface area (Å²) in [4.78, 5) is 34.3. The number of ether oxygens (including phenoxy) is 9. The molecule has 5 saturated heterocycles. The van der Waals surface area contributed by atoms with E-state index in [-0.39, 0.29) is 30.2 Å². The highest BCUT2D eigenvalue weighted by Gasteiger charge is 2.40. The first kappa shape index (κ1) is 66.3. The second kappa shape index (κ2) is 32.1. The van der Waals surface area contributed by atoms with E-state index in [2.05, 4.69) is 66.1 Å². The van der Waals surface area contributed by atoms with Gasteiger partial charge in [-0.2, -0.15) is 45.2 Å². The molecule has 10 aromatic rings. The molecule has 15 rings (SSSR count). The summed E-state index contributed by atoms with van der Waals surface area (Å²) in [5.74, 6) is 4.07. The molecule has 12 heterocycles. The summed E-state index contributed by atoms with van der Waals surface area (Å²) in [5, 5.41) is 14.6. The Kier molecular flexibility index (Phi) is 21.9. The molecule has 3 aromatic carbocycles. The zero-order valence-electron chi connectivity index (χ0n) is 55.0. The van der Waals surface area contributed by atoms with Gasteiger partial charge in [0.15, 0.2) is 17.5 Å². The number of benzene rings is 3. The highest BCUT2D eigenvalue weighted by molar-refractivity contribution is 7.85. The standard InChI is InChI=1S/C27H28N6O3.C23H26N4O3.C22H26N4O4S/c1-34-21-7-4-5-19(17-21)22-8-14-33(31-22)26-18-25(32-13-9-24-23(32)11-16-35-24)29-27(30-26)36-15-10-20-6-2-3-12-28-20;1-16-4-2-5-17(12-16)20-7-9-27(26-20)22-13-21(18-8-11-28-14-18)24-23(25-22)30-15-19-6-3-10-29-19;1-16-5-3-6-17(13-16)19-8-9-26(25-19)20-14-21(31(27)12-11-28-2)24-22(23-20)30-15-18-7-4-10-29-18/h2-8,12,14,17-18,23-24H,9-11,13,15-16H2,1H3;2,4-5,7,9,12-13,18-19H,3,6,8,10-11,14-15H2,1H3;3,5-6,8-9,13-14,18H,4,7,10-12,15H2,1-2H3/t23-,24-;;/m1../s1. The van der Waals surface area contributed by atoms with E-state index >= 15 is 0 Å². The molecule has 0 saturated carbocycles. The van der Waals surface area contributed by atoms with Gasteiger partial charge in [-0.1, -0.05) is 65.7 Å². The molecule has 0 amide bonds.